The number of para-hydroxylation sites is 1. The Morgan fingerprint density at radius 3 is 2.83 bits per heavy atom. The SMILES string of the molecule is CC(OC(=O)CCNC(=O)c1cccs1)c1nc2ccccc2s1. The molecule has 3 aromatic rings. The second-order valence-corrected chi connectivity index (χ2v) is 7.15. The molecule has 0 saturated heterocycles. The van der Waals surface area contributed by atoms with Crippen molar-refractivity contribution in [3.05, 3.63) is 51.7 Å². The smallest absolute Gasteiger partial charge is 0.308 e. The van der Waals surface area contributed by atoms with Crippen molar-refractivity contribution in [3.63, 3.8) is 0 Å². The molecule has 0 radical (unpaired) electrons. The standard InChI is InChI=1S/C17H16N2O3S2/c1-11(17-19-12-5-2-3-6-13(12)24-17)22-15(20)8-9-18-16(21)14-7-4-10-23-14/h2-7,10-11H,8-9H2,1H3,(H,18,21). The minimum atomic E-state index is -0.400. The highest BCUT2D eigenvalue weighted by Crippen LogP contribution is 2.28. The molecule has 5 nitrogen and oxygen atoms in total. The van der Waals surface area contributed by atoms with Crippen LogP contribution in [0, 0.1) is 0 Å². The normalized spacial score (nSPS) is 12.0. The maximum absolute atomic E-state index is 11.9. The Hall–Kier alpha value is -2.25. The molecule has 0 fully saturated rings. The molecular formula is C17H16N2O3S2. The van der Waals surface area contributed by atoms with Crippen LogP contribution in [0.4, 0.5) is 0 Å². The molecule has 2 heterocycles. The summed E-state index contributed by atoms with van der Waals surface area (Å²) in [7, 11) is 0. The van der Waals surface area contributed by atoms with Gasteiger partial charge >= 0.3 is 5.97 Å². The predicted octanol–water partition coefficient (Wildman–Crippen LogP) is 3.78. The highest BCUT2D eigenvalue weighted by atomic mass is 32.1. The van der Waals surface area contributed by atoms with Crippen LogP contribution in [0.1, 0.15) is 34.1 Å². The third kappa shape index (κ3) is 3.98. The molecule has 0 aliphatic rings. The number of thiophene rings is 1. The Morgan fingerprint density at radius 1 is 1.25 bits per heavy atom. The van der Waals surface area contributed by atoms with E-state index in [-0.39, 0.29) is 24.8 Å². The third-order valence-electron chi connectivity index (χ3n) is 3.33. The molecule has 1 atom stereocenters. The number of aromatic nitrogens is 1. The summed E-state index contributed by atoms with van der Waals surface area (Å²) in [5, 5.41) is 5.31. The number of nitrogens with zero attached hydrogens (tertiary/aromatic N) is 1. The molecule has 2 aromatic heterocycles. The highest BCUT2D eigenvalue weighted by Gasteiger charge is 2.16. The Kier molecular flexibility index (Phi) is 5.22. The quantitative estimate of drug-likeness (QED) is 0.679. The molecule has 24 heavy (non-hydrogen) atoms. The van der Waals surface area contributed by atoms with Crippen molar-refractivity contribution in [2.45, 2.75) is 19.4 Å². The molecule has 1 aromatic carbocycles. The fraction of sp³-hybridized carbons (Fsp3) is 0.235. The van der Waals surface area contributed by atoms with Crippen molar-refractivity contribution in [1.29, 1.82) is 0 Å². The fourth-order valence-corrected chi connectivity index (χ4v) is 3.73. The van der Waals surface area contributed by atoms with E-state index < -0.39 is 6.10 Å². The van der Waals surface area contributed by atoms with E-state index in [1.54, 1.807) is 13.0 Å². The first-order valence-electron chi connectivity index (χ1n) is 7.50. The second kappa shape index (κ2) is 7.55. The van der Waals surface area contributed by atoms with Crippen LogP contribution in [0.5, 0.6) is 0 Å². The lowest BCUT2D eigenvalue weighted by Gasteiger charge is -2.10. The summed E-state index contributed by atoms with van der Waals surface area (Å²) in [6.45, 7) is 2.06. The zero-order chi connectivity index (χ0) is 16.9. The average molecular weight is 360 g/mol. The average Bonchev–Trinajstić information content (AvgIpc) is 3.24. The summed E-state index contributed by atoms with van der Waals surface area (Å²) in [4.78, 5) is 28.8. The Bertz CT molecular complexity index is 810. The maximum Gasteiger partial charge on any atom is 0.308 e. The van der Waals surface area contributed by atoms with Gasteiger partial charge < -0.3 is 10.1 Å². The maximum atomic E-state index is 11.9. The number of ether oxygens (including phenoxy) is 1. The van der Waals surface area contributed by atoms with Crippen LogP contribution in [0.2, 0.25) is 0 Å². The number of carbonyl (C=O) groups excluding carboxylic acids is 2. The van der Waals surface area contributed by atoms with Gasteiger partial charge in [-0.2, -0.15) is 0 Å². The van der Waals surface area contributed by atoms with Gasteiger partial charge in [0.2, 0.25) is 0 Å². The molecular weight excluding hydrogens is 344 g/mol. The van der Waals surface area contributed by atoms with Crippen molar-refractivity contribution in [1.82, 2.24) is 10.3 Å². The van der Waals surface area contributed by atoms with E-state index in [4.69, 9.17) is 4.74 Å². The number of hydrogen-bond acceptors (Lipinski definition) is 6. The first kappa shape index (κ1) is 16.6. The van der Waals surface area contributed by atoms with Crippen LogP contribution in [-0.2, 0) is 9.53 Å². The first-order valence-corrected chi connectivity index (χ1v) is 9.20. The number of rotatable bonds is 6. The van der Waals surface area contributed by atoms with Crippen LogP contribution in [0.25, 0.3) is 10.2 Å². The van der Waals surface area contributed by atoms with Crippen molar-refractivity contribution in [3.8, 4) is 0 Å². The monoisotopic (exact) mass is 360 g/mol. The van der Waals surface area contributed by atoms with E-state index in [0.29, 0.717) is 4.88 Å². The van der Waals surface area contributed by atoms with Gasteiger partial charge in [-0.05, 0) is 30.5 Å². The molecule has 0 bridgehead atoms. The lowest BCUT2D eigenvalue weighted by molar-refractivity contribution is -0.148. The molecule has 1 N–H and O–H groups in total. The van der Waals surface area contributed by atoms with Crippen LogP contribution in [-0.4, -0.2) is 23.4 Å². The molecule has 124 valence electrons. The van der Waals surface area contributed by atoms with Gasteiger partial charge in [-0.1, -0.05) is 18.2 Å². The van der Waals surface area contributed by atoms with Gasteiger partial charge in [0, 0.05) is 6.54 Å². The summed E-state index contributed by atoms with van der Waals surface area (Å²) in [6, 6.07) is 11.4. The van der Waals surface area contributed by atoms with E-state index in [9.17, 15) is 9.59 Å². The fourth-order valence-electron chi connectivity index (χ4n) is 2.14. The molecule has 0 spiro atoms. The van der Waals surface area contributed by atoms with Gasteiger partial charge in [-0.15, -0.1) is 22.7 Å². The molecule has 0 aliphatic heterocycles. The van der Waals surface area contributed by atoms with Crippen molar-refractivity contribution < 1.29 is 14.3 Å². The van der Waals surface area contributed by atoms with Gasteiger partial charge in [-0.3, -0.25) is 9.59 Å². The zero-order valence-electron chi connectivity index (χ0n) is 13.0. The zero-order valence-corrected chi connectivity index (χ0v) is 14.7. The van der Waals surface area contributed by atoms with E-state index >= 15 is 0 Å². The number of thiazole rings is 1. The predicted molar refractivity (Wildman–Crippen MR) is 95.4 cm³/mol. The van der Waals surface area contributed by atoms with Crippen LogP contribution in [0.15, 0.2) is 41.8 Å². The molecule has 0 saturated carbocycles. The number of carbonyl (C=O) groups is 2. The summed E-state index contributed by atoms with van der Waals surface area (Å²) in [5.41, 5.74) is 0.906. The summed E-state index contributed by atoms with van der Waals surface area (Å²) >= 11 is 2.88. The topological polar surface area (TPSA) is 68.3 Å². The van der Waals surface area contributed by atoms with Gasteiger partial charge in [-0.25, -0.2) is 4.98 Å². The summed E-state index contributed by atoms with van der Waals surface area (Å²) in [5.74, 6) is -0.523. The molecule has 1 amide bonds. The minimum Gasteiger partial charge on any atom is -0.455 e. The van der Waals surface area contributed by atoms with Crippen LogP contribution in [0.3, 0.4) is 0 Å². The summed E-state index contributed by atoms with van der Waals surface area (Å²) < 4.78 is 6.47. The molecule has 1 unspecified atom stereocenters. The van der Waals surface area contributed by atoms with E-state index in [0.717, 1.165) is 15.2 Å². The van der Waals surface area contributed by atoms with Gasteiger partial charge in [0.15, 0.2) is 6.10 Å². The number of nitrogens with one attached hydrogen (secondary N) is 1. The second-order valence-electron chi connectivity index (χ2n) is 5.14. The third-order valence-corrected chi connectivity index (χ3v) is 5.39. The molecule has 7 heteroatoms. The van der Waals surface area contributed by atoms with Crippen molar-refractivity contribution >= 4 is 44.8 Å². The number of esters is 1. The lowest BCUT2D eigenvalue weighted by Crippen LogP contribution is -2.26. The van der Waals surface area contributed by atoms with Crippen molar-refractivity contribution in [2.75, 3.05) is 6.54 Å². The summed E-state index contributed by atoms with van der Waals surface area (Å²) in [6.07, 6.45) is -0.269. The Morgan fingerprint density at radius 2 is 2.08 bits per heavy atom. The molecule has 3 rings (SSSR count). The van der Waals surface area contributed by atoms with E-state index in [1.165, 1.54) is 22.7 Å². The Balaban J connectivity index is 1.48. The van der Waals surface area contributed by atoms with E-state index in [1.807, 2.05) is 35.7 Å². The van der Waals surface area contributed by atoms with E-state index in [2.05, 4.69) is 10.3 Å². The first-order chi connectivity index (χ1) is 11.6. The van der Waals surface area contributed by atoms with Gasteiger partial charge in [0.25, 0.3) is 5.91 Å². The molecule has 0 aliphatic carbocycles. The number of benzene rings is 1. The minimum absolute atomic E-state index is 0.131. The number of fused-ring (bicyclic) bond motifs is 1. The van der Waals surface area contributed by atoms with Gasteiger partial charge in [0.05, 0.1) is 21.5 Å². The lowest BCUT2D eigenvalue weighted by atomic mass is 10.3. The van der Waals surface area contributed by atoms with Crippen molar-refractivity contribution in [2.24, 2.45) is 0 Å². The number of hydrogen-bond donors (Lipinski definition) is 1. The Labute approximate surface area is 147 Å². The van der Waals surface area contributed by atoms with Crippen LogP contribution >= 0.6 is 22.7 Å². The van der Waals surface area contributed by atoms with Gasteiger partial charge in [0.1, 0.15) is 5.01 Å². The largest absolute Gasteiger partial charge is 0.455 e. The highest BCUT2D eigenvalue weighted by molar-refractivity contribution is 7.18. The van der Waals surface area contributed by atoms with Crippen LogP contribution < -0.4 is 5.32 Å². The number of amides is 1.